The number of nitrogens with one attached hydrogen (secondary N) is 1. The van der Waals surface area contributed by atoms with E-state index >= 15 is 0 Å². The lowest BCUT2D eigenvalue weighted by atomic mass is 10.0. The lowest BCUT2D eigenvalue weighted by molar-refractivity contribution is 0.417. The number of nitrogens with zero attached hydrogens (tertiary/aromatic N) is 2. The number of thiazole rings is 1. The van der Waals surface area contributed by atoms with Crippen LogP contribution in [0.15, 0.2) is 83.8 Å². The second-order valence-electron chi connectivity index (χ2n) is 6.80. The Hall–Kier alpha value is -2.67. The largest absolute Gasteiger partial charge is 0.384 e. The predicted octanol–water partition coefficient (Wildman–Crippen LogP) is 5.50. The van der Waals surface area contributed by atoms with Crippen LogP contribution in [0.25, 0.3) is 10.2 Å². The minimum absolute atomic E-state index is 0.0930. The molecular formula is C23H22N4S2. The molecule has 0 aliphatic heterocycles. The van der Waals surface area contributed by atoms with Crippen molar-refractivity contribution in [3.63, 3.8) is 0 Å². The van der Waals surface area contributed by atoms with Crippen molar-refractivity contribution in [2.75, 3.05) is 7.05 Å². The van der Waals surface area contributed by atoms with Crippen molar-refractivity contribution in [3.8, 4) is 0 Å². The van der Waals surface area contributed by atoms with E-state index in [0.29, 0.717) is 0 Å². The molecule has 1 unspecified atom stereocenters. The molecule has 0 radical (unpaired) electrons. The molecule has 0 aliphatic carbocycles. The van der Waals surface area contributed by atoms with E-state index in [1.165, 1.54) is 9.60 Å². The van der Waals surface area contributed by atoms with Gasteiger partial charge in [0, 0.05) is 10.5 Å². The Morgan fingerprint density at radius 1 is 1.07 bits per heavy atom. The third-order valence-electron chi connectivity index (χ3n) is 4.69. The summed E-state index contributed by atoms with van der Waals surface area (Å²) >= 11 is 3.46. The van der Waals surface area contributed by atoms with E-state index in [2.05, 4.69) is 59.9 Å². The minimum atomic E-state index is 0.0930. The molecule has 0 bridgehead atoms. The molecule has 0 saturated heterocycles. The van der Waals surface area contributed by atoms with Gasteiger partial charge >= 0.3 is 0 Å². The van der Waals surface area contributed by atoms with E-state index in [0.717, 1.165) is 28.1 Å². The van der Waals surface area contributed by atoms with Crippen LogP contribution in [0.2, 0.25) is 0 Å². The fourth-order valence-electron chi connectivity index (χ4n) is 3.20. The zero-order chi connectivity index (χ0) is 20.2. The van der Waals surface area contributed by atoms with Gasteiger partial charge in [-0.2, -0.15) is 0 Å². The average Bonchev–Trinajstić information content (AvgIpc) is 3.16. The van der Waals surface area contributed by atoms with Gasteiger partial charge in [0.25, 0.3) is 0 Å². The molecule has 0 amide bonds. The second-order valence-corrected chi connectivity index (χ2v) is 9.10. The molecule has 1 aromatic heterocycles. The summed E-state index contributed by atoms with van der Waals surface area (Å²) in [4.78, 5) is 6.12. The molecular weight excluding hydrogens is 396 g/mol. The summed E-state index contributed by atoms with van der Waals surface area (Å²) in [6.45, 7) is 0. The van der Waals surface area contributed by atoms with Crippen LogP contribution in [0.1, 0.15) is 22.2 Å². The number of nitrogens with two attached hydrogens (primary N) is 1. The summed E-state index contributed by atoms with van der Waals surface area (Å²) in [6.07, 6.45) is 0.789. The molecule has 4 nitrogen and oxygen atoms in total. The monoisotopic (exact) mass is 418 g/mol. The standard InChI is InChI=1S/C23H22N4S2/c1-27(29-18-10-3-2-4-11-18)20(15-16-8-7-9-17(14-16)22(24)25)23-26-19-12-5-6-13-21(19)28-23/h2-14,20H,15H2,1H3,(H3,24,25). The molecule has 3 aromatic carbocycles. The van der Waals surface area contributed by atoms with E-state index in [9.17, 15) is 0 Å². The number of amidine groups is 1. The second kappa shape index (κ2) is 8.78. The molecule has 0 saturated carbocycles. The predicted molar refractivity (Wildman–Crippen MR) is 124 cm³/mol. The number of rotatable bonds is 7. The minimum Gasteiger partial charge on any atom is -0.384 e. The van der Waals surface area contributed by atoms with E-state index in [-0.39, 0.29) is 11.9 Å². The summed E-state index contributed by atoms with van der Waals surface area (Å²) < 4.78 is 3.47. The van der Waals surface area contributed by atoms with Gasteiger partial charge in [0.15, 0.2) is 0 Å². The Kier molecular flexibility index (Phi) is 5.94. The first-order valence-electron chi connectivity index (χ1n) is 9.35. The highest BCUT2D eigenvalue weighted by atomic mass is 32.2. The van der Waals surface area contributed by atoms with Crippen LogP contribution in [0, 0.1) is 5.41 Å². The van der Waals surface area contributed by atoms with Crippen molar-refractivity contribution in [2.45, 2.75) is 17.4 Å². The van der Waals surface area contributed by atoms with E-state index < -0.39 is 0 Å². The number of aromatic nitrogens is 1. The van der Waals surface area contributed by atoms with Crippen LogP contribution >= 0.6 is 23.3 Å². The zero-order valence-corrected chi connectivity index (χ0v) is 17.7. The first-order chi connectivity index (χ1) is 14.1. The molecule has 6 heteroatoms. The zero-order valence-electron chi connectivity index (χ0n) is 16.1. The summed E-state index contributed by atoms with van der Waals surface area (Å²) in [5, 5.41) is 8.83. The van der Waals surface area contributed by atoms with Gasteiger partial charge in [-0.05, 0) is 61.3 Å². The van der Waals surface area contributed by atoms with Crippen LogP contribution < -0.4 is 5.73 Å². The number of fused-ring (bicyclic) bond motifs is 1. The Labute approximate surface area is 179 Å². The van der Waals surface area contributed by atoms with Crippen molar-refractivity contribution >= 4 is 39.3 Å². The van der Waals surface area contributed by atoms with Gasteiger partial charge in [-0.3, -0.25) is 5.41 Å². The number of nitrogen functional groups attached to an aromatic ring is 1. The molecule has 0 fully saturated rings. The fourth-order valence-corrected chi connectivity index (χ4v) is 5.30. The van der Waals surface area contributed by atoms with Gasteiger partial charge in [-0.15, -0.1) is 11.3 Å². The highest BCUT2D eigenvalue weighted by molar-refractivity contribution is 7.97. The molecule has 4 aromatic rings. The smallest absolute Gasteiger partial charge is 0.122 e. The highest BCUT2D eigenvalue weighted by Gasteiger charge is 2.23. The van der Waals surface area contributed by atoms with Gasteiger partial charge in [0.2, 0.25) is 0 Å². The molecule has 0 aliphatic rings. The van der Waals surface area contributed by atoms with Gasteiger partial charge < -0.3 is 5.73 Å². The first-order valence-corrected chi connectivity index (χ1v) is 10.9. The summed E-state index contributed by atoms with van der Waals surface area (Å²) in [5.41, 5.74) is 8.63. The molecule has 4 rings (SSSR count). The van der Waals surface area contributed by atoms with E-state index in [1.807, 2.05) is 30.3 Å². The third kappa shape index (κ3) is 4.67. The highest BCUT2D eigenvalue weighted by Crippen LogP contribution is 2.36. The van der Waals surface area contributed by atoms with E-state index in [4.69, 9.17) is 16.1 Å². The Morgan fingerprint density at radius 3 is 2.59 bits per heavy atom. The maximum atomic E-state index is 7.74. The van der Waals surface area contributed by atoms with Crippen LogP contribution in [-0.4, -0.2) is 22.2 Å². The van der Waals surface area contributed by atoms with Crippen molar-refractivity contribution in [1.82, 2.24) is 9.29 Å². The average molecular weight is 419 g/mol. The Balaban J connectivity index is 1.68. The maximum absolute atomic E-state index is 7.74. The summed E-state index contributed by atoms with van der Waals surface area (Å²) in [7, 11) is 2.11. The number of likely N-dealkylation sites (N-methyl/N-ethyl adjacent to an activating group) is 1. The van der Waals surface area contributed by atoms with Crippen LogP contribution in [-0.2, 0) is 6.42 Å². The normalized spacial score (nSPS) is 12.3. The molecule has 1 atom stereocenters. The van der Waals surface area contributed by atoms with E-state index in [1.54, 1.807) is 23.3 Å². The third-order valence-corrected chi connectivity index (χ3v) is 6.86. The van der Waals surface area contributed by atoms with Gasteiger partial charge in [0.05, 0.1) is 16.3 Å². The lowest BCUT2D eigenvalue weighted by Crippen LogP contribution is -2.20. The number of hydrogen-bond donors (Lipinski definition) is 2. The summed E-state index contributed by atoms with van der Waals surface area (Å²) in [5.74, 6) is 0.0930. The number of benzene rings is 3. The maximum Gasteiger partial charge on any atom is 0.122 e. The van der Waals surface area contributed by atoms with Crippen LogP contribution in [0.3, 0.4) is 0 Å². The molecule has 146 valence electrons. The fraction of sp³-hybridized carbons (Fsp3) is 0.130. The lowest BCUT2D eigenvalue weighted by Gasteiger charge is -2.25. The molecule has 1 heterocycles. The van der Waals surface area contributed by atoms with Crippen molar-refractivity contribution in [1.29, 1.82) is 5.41 Å². The van der Waals surface area contributed by atoms with Crippen molar-refractivity contribution in [3.05, 3.63) is 95.0 Å². The Bertz CT molecular complexity index is 1090. The quantitative estimate of drug-likeness (QED) is 0.236. The van der Waals surface area contributed by atoms with Crippen molar-refractivity contribution in [2.24, 2.45) is 5.73 Å². The van der Waals surface area contributed by atoms with Gasteiger partial charge in [-0.25, -0.2) is 9.29 Å². The molecule has 0 spiro atoms. The Morgan fingerprint density at radius 2 is 1.83 bits per heavy atom. The van der Waals surface area contributed by atoms with Crippen LogP contribution in [0.4, 0.5) is 0 Å². The summed E-state index contributed by atoms with van der Waals surface area (Å²) in [6, 6.07) is 26.7. The van der Waals surface area contributed by atoms with Gasteiger partial charge in [0.1, 0.15) is 10.8 Å². The first kappa shape index (κ1) is 19.6. The van der Waals surface area contributed by atoms with Crippen molar-refractivity contribution < 1.29 is 0 Å². The van der Waals surface area contributed by atoms with Gasteiger partial charge in [-0.1, -0.05) is 48.5 Å². The number of para-hydroxylation sites is 1. The topological polar surface area (TPSA) is 66.0 Å². The molecule has 3 N–H and O–H groups in total. The molecule has 29 heavy (non-hydrogen) atoms. The number of hydrogen-bond acceptors (Lipinski definition) is 5. The van der Waals surface area contributed by atoms with Crippen LogP contribution in [0.5, 0.6) is 0 Å². The SMILES string of the molecule is CN(Sc1ccccc1)C(Cc1cccc(C(=N)N)c1)c1nc2ccccc2s1.